The molecule has 0 aromatic heterocycles. The highest BCUT2D eigenvalue weighted by molar-refractivity contribution is 7.88. The summed E-state index contributed by atoms with van der Waals surface area (Å²) in [6.07, 6.45) is 7.42. The summed E-state index contributed by atoms with van der Waals surface area (Å²) >= 11 is 0. The van der Waals surface area contributed by atoms with Crippen LogP contribution < -0.4 is 4.72 Å². The number of hydrogen-bond acceptors (Lipinski definition) is 4. The van der Waals surface area contributed by atoms with Gasteiger partial charge >= 0.3 is 0 Å². The molecule has 7 heteroatoms. The minimum Gasteiger partial charge on any atom is -0.376 e. The van der Waals surface area contributed by atoms with E-state index < -0.39 is 10.0 Å². The van der Waals surface area contributed by atoms with E-state index in [4.69, 9.17) is 4.74 Å². The number of hydrogen-bond donors (Lipinski definition) is 1. The fourth-order valence-electron chi connectivity index (χ4n) is 3.70. The van der Waals surface area contributed by atoms with E-state index in [2.05, 4.69) is 11.6 Å². The number of carbonyl (C=O) groups excluding carboxylic acids is 1. The number of rotatable bonds is 5. The average molecular weight is 346 g/mol. The molecule has 1 aliphatic heterocycles. The summed E-state index contributed by atoms with van der Waals surface area (Å²) in [6, 6.07) is -0.472. The summed E-state index contributed by atoms with van der Waals surface area (Å²) in [6.45, 7) is 4.89. The SMILES string of the molecule is CC(=O)N1CCC[C@H](NS(C)(=O)=O)[C@@H]1COC1CCC(C)CC1. The Hall–Kier alpha value is -0.660. The van der Waals surface area contributed by atoms with Crippen LogP contribution in [0.3, 0.4) is 0 Å². The topological polar surface area (TPSA) is 75.7 Å². The van der Waals surface area contributed by atoms with Crippen molar-refractivity contribution in [2.24, 2.45) is 5.92 Å². The second kappa shape index (κ2) is 7.94. The molecular weight excluding hydrogens is 316 g/mol. The Morgan fingerprint density at radius 3 is 2.43 bits per heavy atom. The first kappa shape index (κ1) is 18.7. The highest BCUT2D eigenvalue weighted by atomic mass is 32.2. The molecule has 2 rings (SSSR count). The third kappa shape index (κ3) is 5.72. The van der Waals surface area contributed by atoms with Gasteiger partial charge in [0.25, 0.3) is 0 Å². The average Bonchev–Trinajstić information content (AvgIpc) is 2.45. The highest BCUT2D eigenvalue weighted by Crippen LogP contribution is 2.27. The third-order valence-electron chi connectivity index (χ3n) is 5.01. The van der Waals surface area contributed by atoms with Crippen molar-refractivity contribution in [3.05, 3.63) is 0 Å². The van der Waals surface area contributed by atoms with E-state index >= 15 is 0 Å². The Balaban J connectivity index is 1.99. The molecule has 1 saturated carbocycles. The summed E-state index contributed by atoms with van der Waals surface area (Å²) < 4.78 is 32.0. The molecule has 0 unspecified atom stereocenters. The summed E-state index contributed by atoms with van der Waals surface area (Å²) in [5.74, 6) is 0.744. The van der Waals surface area contributed by atoms with E-state index in [0.717, 1.165) is 31.6 Å². The van der Waals surface area contributed by atoms with Crippen LogP contribution in [0.5, 0.6) is 0 Å². The zero-order valence-electron chi connectivity index (χ0n) is 14.5. The molecular formula is C16H30N2O4S. The molecule has 1 amide bonds. The van der Waals surface area contributed by atoms with Gasteiger partial charge in [-0.05, 0) is 44.4 Å². The lowest BCUT2D eigenvalue weighted by Gasteiger charge is -2.41. The van der Waals surface area contributed by atoms with Crippen molar-refractivity contribution in [1.82, 2.24) is 9.62 Å². The molecule has 1 aliphatic carbocycles. The fourth-order valence-corrected chi connectivity index (χ4v) is 4.52. The number of piperidine rings is 1. The van der Waals surface area contributed by atoms with E-state index in [-0.39, 0.29) is 24.1 Å². The van der Waals surface area contributed by atoms with Gasteiger partial charge in [-0.1, -0.05) is 6.92 Å². The second-order valence-electron chi connectivity index (χ2n) is 7.13. The van der Waals surface area contributed by atoms with Gasteiger partial charge in [0.15, 0.2) is 0 Å². The zero-order valence-corrected chi connectivity index (χ0v) is 15.3. The smallest absolute Gasteiger partial charge is 0.219 e. The van der Waals surface area contributed by atoms with Gasteiger partial charge < -0.3 is 9.64 Å². The van der Waals surface area contributed by atoms with Crippen LogP contribution in [0.15, 0.2) is 0 Å². The number of nitrogens with zero attached hydrogens (tertiary/aromatic N) is 1. The molecule has 6 nitrogen and oxygen atoms in total. The van der Waals surface area contributed by atoms with Gasteiger partial charge in [0.2, 0.25) is 15.9 Å². The van der Waals surface area contributed by atoms with Crippen molar-refractivity contribution in [3.8, 4) is 0 Å². The van der Waals surface area contributed by atoms with Gasteiger partial charge in [0.05, 0.1) is 25.0 Å². The lowest BCUT2D eigenvalue weighted by Crippen LogP contribution is -2.58. The minimum absolute atomic E-state index is 0.0177. The second-order valence-corrected chi connectivity index (χ2v) is 8.91. The van der Waals surface area contributed by atoms with Crippen molar-refractivity contribution >= 4 is 15.9 Å². The Kier molecular flexibility index (Phi) is 6.45. The van der Waals surface area contributed by atoms with Crippen molar-refractivity contribution in [3.63, 3.8) is 0 Å². The first-order valence-corrected chi connectivity index (χ1v) is 10.5. The molecule has 0 aromatic carbocycles. The van der Waals surface area contributed by atoms with E-state index in [1.165, 1.54) is 26.0 Å². The van der Waals surface area contributed by atoms with Crippen molar-refractivity contribution in [2.45, 2.75) is 70.6 Å². The van der Waals surface area contributed by atoms with Crippen molar-refractivity contribution in [2.75, 3.05) is 19.4 Å². The van der Waals surface area contributed by atoms with Gasteiger partial charge in [-0.3, -0.25) is 4.79 Å². The molecule has 1 heterocycles. The van der Waals surface area contributed by atoms with Gasteiger partial charge in [-0.25, -0.2) is 13.1 Å². The van der Waals surface area contributed by atoms with Crippen LogP contribution in [0.2, 0.25) is 0 Å². The number of ether oxygens (including phenoxy) is 1. The monoisotopic (exact) mass is 346 g/mol. The molecule has 134 valence electrons. The molecule has 0 spiro atoms. The Bertz CT molecular complexity index is 500. The van der Waals surface area contributed by atoms with E-state index in [1.807, 2.05) is 0 Å². The largest absolute Gasteiger partial charge is 0.376 e. The van der Waals surface area contributed by atoms with Crippen LogP contribution in [-0.4, -0.2) is 56.8 Å². The number of likely N-dealkylation sites (tertiary alicyclic amines) is 1. The molecule has 2 aliphatic rings. The lowest BCUT2D eigenvalue weighted by molar-refractivity contribution is -0.136. The molecule has 2 atom stereocenters. The van der Waals surface area contributed by atoms with Crippen LogP contribution >= 0.6 is 0 Å². The maximum Gasteiger partial charge on any atom is 0.219 e. The van der Waals surface area contributed by atoms with Crippen LogP contribution in [0.4, 0.5) is 0 Å². The number of sulfonamides is 1. The third-order valence-corrected chi connectivity index (χ3v) is 5.75. The molecule has 0 radical (unpaired) electrons. The Morgan fingerprint density at radius 2 is 1.87 bits per heavy atom. The minimum atomic E-state index is -3.30. The van der Waals surface area contributed by atoms with Crippen molar-refractivity contribution in [1.29, 1.82) is 0 Å². The summed E-state index contributed by atoms with van der Waals surface area (Å²) in [7, 11) is -3.30. The molecule has 0 bridgehead atoms. The highest BCUT2D eigenvalue weighted by Gasteiger charge is 2.35. The zero-order chi connectivity index (χ0) is 17.0. The van der Waals surface area contributed by atoms with Crippen LogP contribution in [-0.2, 0) is 19.6 Å². The predicted molar refractivity (Wildman–Crippen MR) is 89.5 cm³/mol. The van der Waals surface area contributed by atoms with Gasteiger partial charge in [0.1, 0.15) is 0 Å². The van der Waals surface area contributed by atoms with Crippen LogP contribution in [0.1, 0.15) is 52.4 Å². The lowest BCUT2D eigenvalue weighted by atomic mass is 9.89. The van der Waals surface area contributed by atoms with Gasteiger partial charge in [-0.2, -0.15) is 0 Å². The molecule has 23 heavy (non-hydrogen) atoms. The van der Waals surface area contributed by atoms with Gasteiger partial charge in [-0.15, -0.1) is 0 Å². The number of nitrogens with one attached hydrogen (secondary N) is 1. The fraction of sp³-hybridized carbons (Fsp3) is 0.938. The summed E-state index contributed by atoms with van der Waals surface area (Å²) in [4.78, 5) is 13.7. The van der Waals surface area contributed by atoms with E-state index in [9.17, 15) is 13.2 Å². The van der Waals surface area contributed by atoms with E-state index in [0.29, 0.717) is 13.2 Å². The van der Waals surface area contributed by atoms with Gasteiger partial charge in [0, 0.05) is 19.5 Å². The van der Waals surface area contributed by atoms with Crippen LogP contribution in [0, 0.1) is 5.92 Å². The molecule has 2 fully saturated rings. The predicted octanol–water partition coefficient (Wildman–Crippen LogP) is 1.51. The quantitative estimate of drug-likeness (QED) is 0.819. The first-order valence-electron chi connectivity index (χ1n) is 8.62. The maximum atomic E-state index is 11.9. The number of amides is 1. The Morgan fingerprint density at radius 1 is 1.22 bits per heavy atom. The Labute approximate surface area is 140 Å². The number of carbonyl (C=O) groups is 1. The normalized spacial score (nSPS) is 32.7. The van der Waals surface area contributed by atoms with E-state index in [1.54, 1.807) is 4.90 Å². The molecule has 1 saturated heterocycles. The first-order chi connectivity index (χ1) is 10.8. The molecule has 0 aromatic rings. The molecule has 1 N–H and O–H groups in total. The summed E-state index contributed by atoms with van der Waals surface area (Å²) in [5.41, 5.74) is 0. The van der Waals surface area contributed by atoms with Crippen LogP contribution in [0.25, 0.3) is 0 Å². The standard InChI is InChI=1S/C16H30N2O4S/c1-12-6-8-14(9-7-12)22-11-16-15(17-23(3,20)21)5-4-10-18(16)13(2)19/h12,14-17H,4-11H2,1-3H3/t12?,14?,15-,16-/m0/s1. The summed E-state index contributed by atoms with van der Waals surface area (Å²) in [5, 5.41) is 0. The maximum absolute atomic E-state index is 11.9. The van der Waals surface area contributed by atoms with Crippen molar-refractivity contribution < 1.29 is 17.9 Å².